The summed E-state index contributed by atoms with van der Waals surface area (Å²) >= 11 is 0. The number of carbonyl (C=O) groups excluding carboxylic acids is 2. The number of halogens is 2. The third kappa shape index (κ3) is 4.99. The molecule has 1 atom stereocenters. The number of benzene rings is 2. The minimum atomic E-state index is -4.41. The van der Waals surface area contributed by atoms with Crippen LogP contribution in [0.4, 0.5) is 8.78 Å². The van der Waals surface area contributed by atoms with Gasteiger partial charge < -0.3 is 15.4 Å². The largest absolute Gasteiger partial charge is 0.359 e. The maximum absolute atomic E-state index is 14.0. The number of carbonyl (C=O) groups is 2. The molecule has 0 aromatic heterocycles. The van der Waals surface area contributed by atoms with Gasteiger partial charge in [0.2, 0.25) is 10.0 Å². The molecule has 1 saturated heterocycles. The third-order valence-corrected chi connectivity index (χ3v) is 6.27. The first-order valence-corrected chi connectivity index (χ1v) is 10.4. The summed E-state index contributed by atoms with van der Waals surface area (Å²) in [5, 5.41) is 4.73. The summed E-state index contributed by atoms with van der Waals surface area (Å²) in [6.45, 7) is -0.309. The topological polar surface area (TPSA) is 105 Å². The molecule has 2 amide bonds. The third-order valence-electron chi connectivity index (χ3n) is 4.36. The first kappa shape index (κ1) is 21.8. The molecule has 1 heterocycles. The Hall–Kier alpha value is -2.89. The maximum atomic E-state index is 14.0. The van der Waals surface area contributed by atoms with Crippen LogP contribution in [0.15, 0.2) is 53.4 Å². The van der Waals surface area contributed by atoms with Gasteiger partial charge in [-0.3, -0.25) is 9.59 Å². The van der Waals surface area contributed by atoms with Crippen LogP contribution in [0.3, 0.4) is 0 Å². The first-order valence-electron chi connectivity index (χ1n) is 8.97. The summed E-state index contributed by atoms with van der Waals surface area (Å²) in [6, 6.07) is 11.0. The quantitative estimate of drug-likeness (QED) is 0.647. The zero-order valence-electron chi connectivity index (χ0n) is 15.7. The lowest BCUT2D eigenvalue weighted by Crippen LogP contribution is -2.47. The fourth-order valence-corrected chi connectivity index (χ4v) is 4.45. The van der Waals surface area contributed by atoms with Crippen molar-refractivity contribution < 1.29 is 31.5 Å². The molecule has 1 aliphatic rings. The van der Waals surface area contributed by atoms with E-state index in [2.05, 4.69) is 10.6 Å². The Morgan fingerprint density at radius 1 is 1.07 bits per heavy atom. The van der Waals surface area contributed by atoms with E-state index in [0.29, 0.717) is 12.1 Å². The summed E-state index contributed by atoms with van der Waals surface area (Å²) in [4.78, 5) is 23.1. The number of hydrogen-bond acceptors (Lipinski definition) is 5. The smallest absolute Gasteiger partial charge is 0.309 e. The zero-order valence-corrected chi connectivity index (χ0v) is 16.5. The molecule has 2 aromatic rings. The fraction of sp³-hybridized carbons (Fsp3) is 0.263. The Kier molecular flexibility index (Phi) is 6.75. The van der Waals surface area contributed by atoms with Crippen molar-refractivity contribution in [3.05, 3.63) is 65.7 Å². The van der Waals surface area contributed by atoms with Crippen molar-refractivity contribution in [3.63, 3.8) is 0 Å². The second-order valence-electron chi connectivity index (χ2n) is 6.39. The number of amides is 2. The van der Waals surface area contributed by atoms with Crippen LogP contribution in [0, 0.1) is 11.6 Å². The van der Waals surface area contributed by atoms with Crippen molar-refractivity contribution in [2.24, 2.45) is 0 Å². The molecule has 2 aromatic carbocycles. The molecule has 0 spiro atoms. The van der Waals surface area contributed by atoms with Crippen molar-refractivity contribution in [3.8, 4) is 0 Å². The predicted molar refractivity (Wildman–Crippen MR) is 101 cm³/mol. The normalized spacial score (nSPS) is 16.9. The van der Waals surface area contributed by atoms with E-state index >= 15 is 0 Å². The van der Waals surface area contributed by atoms with Gasteiger partial charge in [0.1, 0.15) is 22.8 Å². The highest BCUT2D eigenvalue weighted by Gasteiger charge is 2.38. The Labute approximate surface area is 171 Å². The molecule has 160 valence electrons. The van der Waals surface area contributed by atoms with Crippen molar-refractivity contribution in [2.75, 3.05) is 19.7 Å². The van der Waals surface area contributed by atoms with Crippen LogP contribution in [0.5, 0.6) is 0 Å². The predicted octanol–water partition coefficient (Wildman–Crippen LogP) is 0.744. The minimum Gasteiger partial charge on any atom is -0.359 e. The van der Waals surface area contributed by atoms with E-state index in [9.17, 15) is 26.8 Å². The Bertz CT molecular complexity index is 1030. The molecular formula is C19H19F2N3O5S. The van der Waals surface area contributed by atoms with Crippen LogP contribution in [0.25, 0.3) is 0 Å². The molecule has 8 nitrogen and oxygen atoms in total. The van der Waals surface area contributed by atoms with E-state index in [4.69, 9.17) is 4.74 Å². The van der Waals surface area contributed by atoms with Gasteiger partial charge in [-0.25, -0.2) is 17.2 Å². The molecule has 0 bridgehead atoms. The summed E-state index contributed by atoms with van der Waals surface area (Å²) in [5.74, 6) is -3.89. The van der Waals surface area contributed by atoms with Gasteiger partial charge in [-0.2, -0.15) is 4.31 Å². The van der Waals surface area contributed by atoms with E-state index in [0.717, 1.165) is 15.9 Å². The van der Waals surface area contributed by atoms with Gasteiger partial charge in [-0.1, -0.05) is 30.3 Å². The number of hydrogen-bond donors (Lipinski definition) is 2. The number of sulfonamides is 1. The van der Waals surface area contributed by atoms with Crippen molar-refractivity contribution >= 4 is 21.8 Å². The lowest BCUT2D eigenvalue weighted by Gasteiger charge is -2.23. The summed E-state index contributed by atoms with van der Waals surface area (Å²) < 4.78 is 58.9. The average Bonchev–Trinajstić information content (AvgIpc) is 3.22. The van der Waals surface area contributed by atoms with Gasteiger partial charge in [0.15, 0.2) is 0 Å². The molecule has 0 aliphatic carbocycles. The molecule has 0 radical (unpaired) electrons. The molecule has 1 aliphatic heterocycles. The lowest BCUT2D eigenvalue weighted by atomic mass is 10.2. The highest BCUT2D eigenvalue weighted by atomic mass is 32.2. The summed E-state index contributed by atoms with van der Waals surface area (Å²) in [6.07, 6.45) is -1.16. The van der Waals surface area contributed by atoms with Crippen molar-refractivity contribution in [2.45, 2.75) is 17.7 Å². The molecule has 0 unspecified atom stereocenters. The molecule has 30 heavy (non-hydrogen) atoms. The Morgan fingerprint density at radius 2 is 1.77 bits per heavy atom. The maximum Gasteiger partial charge on any atom is 0.309 e. The highest BCUT2D eigenvalue weighted by molar-refractivity contribution is 7.89. The molecule has 11 heteroatoms. The Morgan fingerprint density at radius 3 is 2.50 bits per heavy atom. The van der Waals surface area contributed by atoms with Crippen LogP contribution < -0.4 is 10.6 Å². The van der Waals surface area contributed by atoms with Gasteiger partial charge in [0, 0.05) is 13.1 Å². The number of ether oxygens (including phenoxy) is 1. The lowest BCUT2D eigenvalue weighted by molar-refractivity contribution is -0.139. The van der Waals surface area contributed by atoms with E-state index < -0.39 is 44.6 Å². The van der Waals surface area contributed by atoms with Crippen LogP contribution in [-0.4, -0.2) is 50.5 Å². The minimum absolute atomic E-state index is 0.00307. The highest BCUT2D eigenvalue weighted by Crippen LogP contribution is 2.24. The summed E-state index contributed by atoms with van der Waals surface area (Å²) in [5.41, 5.74) is 0.798. The monoisotopic (exact) mass is 439 g/mol. The Balaban J connectivity index is 1.60. The second-order valence-corrected chi connectivity index (χ2v) is 8.25. The van der Waals surface area contributed by atoms with Gasteiger partial charge in [0.05, 0.1) is 13.2 Å². The van der Waals surface area contributed by atoms with Crippen LogP contribution in [0.1, 0.15) is 5.56 Å². The van der Waals surface area contributed by atoms with Crippen LogP contribution >= 0.6 is 0 Å². The molecule has 1 fully saturated rings. The SMILES string of the molecule is O=C(NCc1ccccc1)C(=O)NC[C@H]1OCCN1S(=O)(=O)c1cc(F)ccc1F. The van der Waals surface area contributed by atoms with Gasteiger partial charge in [-0.15, -0.1) is 0 Å². The van der Waals surface area contributed by atoms with E-state index in [1.807, 2.05) is 6.07 Å². The van der Waals surface area contributed by atoms with Gasteiger partial charge in [-0.05, 0) is 23.8 Å². The van der Waals surface area contributed by atoms with Gasteiger partial charge >= 0.3 is 11.8 Å². The number of nitrogens with zero attached hydrogens (tertiary/aromatic N) is 1. The average molecular weight is 439 g/mol. The standard InChI is InChI=1S/C19H19F2N3O5S/c20-14-6-7-15(21)16(10-14)30(27,28)24-8-9-29-17(24)12-23-19(26)18(25)22-11-13-4-2-1-3-5-13/h1-7,10,17H,8-9,11-12H2,(H,22,25)(H,23,26)/t17-/m1/s1. The first-order chi connectivity index (χ1) is 14.3. The van der Waals surface area contributed by atoms with Crippen LogP contribution in [0.2, 0.25) is 0 Å². The number of rotatable bonds is 6. The fourth-order valence-electron chi connectivity index (χ4n) is 2.86. The molecular weight excluding hydrogens is 420 g/mol. The summed E-state index contributed by atoms with van der Waals surface area (Å²) in [7, 11) is -4.41. The van der Waals surface area contributed by atoms with Crippen molar-refractivity contribution in [1.29, 1.82) is 0 Å². The molecule has 3 rings (SSSR count). The molecule has 0 saturated carbocycles. The molecule has 2 N–H and O–H groups in total. The zero-order chi connectivity index (χ0) is 21.7. The number of nitrogens with one attached hydrogen (secondary N) is 2. The van der Waals surface area contributed by atoms with Crippen molar-refractivity contribution in [1.82, 2.24) is 14.9 Å². The van der Waals surface area contributed by atoms with E-state index in [1.165, 1.54) is 0 Å². The van der Waals surface area contributed by atoms with E-state index in [-0.39, 0.29) is 26.2 Å². The van der Waals surface area contributed by atoms with Gasteiger partial charge in [0.25, 0.3) is 0 Å². The second kappa shape index (κ2) is 9.28. The van der Waals surface area contributed by atoms with E-state index in [1.54, 1.807) is 24.3 Å². The van der Waals surface area contributed by atoms with Crippen LogP contribution in [-0.2, 0) is 30.9 Å².